The van der Waals surface area contributed by atoms with Crippen molar-refractivity contribution in [1.29, 1.82) is 0 Å². The number of hydrazine groups is 1. The molecule has 1 heterocycles. The first-order valence-electron chi connectivity index (χ1n) is 12.0. The van der Waals surface area contributed by atoms with Crippen LogP contribution in [-0.4, -0.2) is 32.1 Å². The van der Waals surface area contributed by atoms with Crippen molar-refractivity contribution in [3.05, 3.63) is 89.5 Å². The maximum absolute atomic E-state index is 12.8. The van der Waals surface area contributed by atoms with Gasteiger partial charge in [0.15, 0.2) is 11.5 Å². The van der Waals surface area contributed by atoms with E-state index in [0.717, 1.165) is 12.2 Å². The third-order valence-corrected chi connectivity index (χ3v) is 6.07. The summed E-state index contributed by atoms with van der Waals surface area (Å²) in [5.74, 6) is 1.45. The number of methoxy groups -OCH3 is 1. The Hall–Kier alpha value is -4.26. The van der Waals surface area contributed by atoms with Gasteiger partial charge in [-0.25, -0.2) is 5.01 Å². The number of hydrogen-bond donors (Lipinski definition) is 1. The molecule has 3 aromatic rings. The summed E-state index contributed by atoms with van der Waals surface area (Å²) in [5, 5.41) is 1.24. The van der Waals surface area contributed by atoms with Gasteiger partial charge in [0.2, 0.25) is 0 Å². The predicted octanol–water partition coefficient (Wildman–Crippen LogP) is 5.13. The fourth-order valence-corrected chi connectivity index (χ4v) is 3.92. The molecule has 1 aliphatic heterocycles. The number of ether oxygens (including phenoxy) is 3. The summed E-state index contributed by atoms with van der Waals surface area (Å²) < 4.78 is 17.4. The van der Waals surface area contributed by atoms with Crippen LogP contribution in [0.1, 0.15) is 37.3 Å². The Morgan fingerprint density at radius 3 is 2.31 bits per heavy atom. The van der Waals surface area contributed by atoms with E-state index in [2.05, 4.69) is 25.3 Å². The smallest absolute Gasteiger partial charge is 0.282 e. The van der Waals surface area contributed by atoms with E-state index >= 15 is 0 Å². The number of carbonyl (C=O) groups is 2. The molecular weight excluding hydrogens is 456 g/mol. The molecule has 0 saturated carbocycles. The minimum Gasteiger partial charge on any atom is -0.493 e. The van der Waals surface area contributed by atoms with Crippen LogP contribution in [0.2, 0.25) is 0 Å². The van der Waals surface area contributed by atoms with Crippen LogP contribution in [0.3, 0.4) is 0 Å². The molecule has 7 heteroatoms. The van der Waals surface area contributed by atoms with Crippen molar-refractivity contribution in [2.24, 2.45) is 0 Å². The molecule has 1 atom stereocenters. The Bertz CT molecular complexity index is 1260. The lowest BCUT2D eigenvalue weighted by molar-refractivity contribution is -0.117. The van der Waals surface area contributed by atoms with Crippen molar-refractivity contribution in [3.63, 3.8) is 0 Å². The molecule has 186 valence electrons. The Morgan fingerprint density at radius 2 is 1.58 bits per heavy atom. The number of benzene rings is 3. The van der Waals surface area contributed by atoms with Crippen molar-refractivity contribution >= 4 is 23.6 Å². The van der Waals surface area contributed by atoms with Crippen LogP contribution in [-0.2, 0) is 9.59 Å². The largest absolute Gasteiger partial charge is 0.493 e. The average Bonchev–Trinajstić information content (AvgIpc) is 3.20. The number of anilines is 1. The SMILES string of the molecule is CCC(C)c1ccccc1OCCOc1ccc(/C=C2\C(=O)NN(c3ccccc3)C2=O)cc1OC. The van der Waals surface area contributed by atoms with Crippen molar-refractivity contribution in [2.75, 3.05) is 25.3 Å². The normalized spacial score (nSPS) is 15.1. The highest BCUT2D eigenvalue weighted by molar-refractivity contribution is 6.31. The highest BCUT2D eigenvalue weighted by atomic mass is 16.5. The molecule has 1 aliphatic rings. The monoisotopic (exact) mass is 486 g/mol. The second-order valence-corrected chi connectivity index (χ2v) is 8.43. The molecule has 0 radical (unpaired) electrons. The molecule has 0 aliphatic carbocycles. The van der Waals surface area contributed by atoms with Crippen molar-refractivity contribution < 1.29 is 23.8 Å². The van der Waals surface area contributed by atoms with Gasteiger partial charge in [0, 0.05) is 0 Å². The summed E-state index contributed by atoms with van der Waals surface area (Å²) in [4.78, 5) is 25.3. The van der Waals surface area contributed by atoms with Gasteiger partial charge in [-0.2, -0.15) is 0 Å². The number of amides is 2. The zero-order valence-electron chi connectivity index (χ0n) is 20.7. The van der Waals surface area contributed by atoms with Crippen molar-refractivity contribution in [2.45, 2.75) is 26.2 Å². The summed E-state index contributed by atoms with van der Waals surface area (Å²) >= 11 is 0. The standard InChI is InChI=1S/C29H30N2O5/c1-4-20(2)23-12-8-9-13-25(23)35-16-17-36-26-15-14-21(19-27(26)34-3)18-24-28(32)30-31(29(24)33)22-10-6-5-7-11-22/h5-15,18-20H,4,16-17H2,1-3H3,(H,30,32)/b24-18+. The van der Waals surface area contributed by atoms with Gasteiger partial charge in [-0.1, -0.05) is 56.3 Å². The van der Waals surface area contributed by atoms with Crippen LogP contribution < -0.4 is 24.6 Å². The Kier molecular flexibility index (Phi) is 7.90. The Morgan fingerprint density at radius 1 is 0.889 bits per heavy atom. The van der Waals surface area contributed by atoms with Crippen LogP contribution in [0.15, 0.2) is 78.4 Å². The second-order valence-electron chi connectivity index (χ2n) is 8.43. The van der Waals surface area contributed by atoms with Crippen LogP contribution in [0.5, 0.6) is 17.2 Å². The molecule has 36 heavy (non-hydrogen) atoms. The van der Waals surface area contributed by atoms with Crippen LogP contribution >= 0.6 is 0 Å². The Labute approximate surface area is 211 Å². The van der Waals surface area contributed by atoms with Gasteiger partial charge in [0.05, 0.1) is 12.8 Å². The predicted molar refractivity (Wildman–Crippen MR) is 139 cm³/mol. The molecule has 2 amide bonds. The van der Waals surface area contributed by atoms with Crippen molar-refractivity contribution in [1.82, 2.24) is 5.43 Å². The topological polar surface area (TPSA) is 77.1 Å². The molecule has 4 rings (SSSR count). The minimum atomic E-state index is -0.460. The highest BCUT2D eigenvalue weighted by Gasteiger charge is 2.34. The molecule has 1 N–H and O–H groups in total. The first-order valence-corrected chi connectivity index (χ1v) is 12.0. The minimum absolute atomic E-state index is 0.0444. The summed E-state index contributed by atoms with van der Waals surface area (Å²) in [7, 11) is 1.54. The van der Waals surface area contributed by atoms with Crippen LogP contribution in [0, 0.1) is 0 Å². The van der Waals surface area contributed by atoms with Gasteiger partial charge in [0.25, 0.3) is 11.8 Å². The summed E-state index contributed by atoms with van der Waals surface area (Å²) in [5.41, 5.74) is 5.07. The van der Waals surface area contributed by atoms with E-state index in [1.54, 1.807) is 55.7 Å². The molecule has 0 bridgehead atoms. The lowest BCUT2D eigenvalue weighted by Gasteiger charge is -2.16. The molecule has 0 aromatic heterocycles. The fraction of sp³-hybridized carbons (Fsp3) is 0.241. The molecule has 0 spiro atoms. The average molecular weight is 487 g/mol. The molecule has 1 saturated heterocycles. The number of nitrogens with zero attached hydrogens (tertiary/aromatic N) is 1. The molecule has 1 fully saturated rings. The number of nitrogens with one attached hydrogen (secondary N) is 1. The van der Waals surface area contributed by atoms with E-state index in [1.165, 1.54) is 10.6 Å². The van der Waals surface area contributed by atoms with E-state index in [0.29, 0.717) is 41.9 Å². The van der Waals surface area contributed by atoms with Gasteiger partial charge in [-0.15, -0.1) is 0 Å². The summed E-state index contributed by atoms with van der Waals surface area (Å²) in [6, 6.07) is 22.3. The lowest BCUT2D eigenvalue weighted by Crippen LogP contribution is -2.35. The first kappa shape index (κ1) is 24.9. The lowest BCUT2D eigenvalue weighted by atomic mass is 9.98. The van der Waals surface area contributed by atoms with E-state index in [4.69, 9.17) is 14.2 Å². The molecule has 7 nitrogen and oxygen atoms in total. The van der Waals surface area contributed by atoms with Crippen molar-refractivity contribution in [3.8, 4) is 17.2 Å². The van der Waals surface area contributed by atoms with Crippen LogP contribution in [0.4, 0.5) is 5.69 Å². The third kappa shape index (κ3) is 5.51. The number of rotatable bonds is 10. The maximum Gasteiger partial charge on any atom is 0.282 e. The van der Waals surface area contributed by atoms with Gasteiger partial charge in [-0.3, -0.25) is 15.0 Å². The van der Waals surface area contributed by atoms with Gasteiger partial charge in [0.1, 0.15) is 24.5 Å². The Balaban J connectivity index is 1.41. The van der Waals surface area contributed by atoms with Crippen LogP contribution in [0.25, 0.3) is 6.08 Å². The first-order chi connectivity index (χ1) is 17.5. The molecule has 3 aromatic carbocycles. The van der Waals surface area contributed by atoms with E-state index in [1.807, 2.05) is 24.3 Å². The zero-order valence-corrected chi connectivity index (χ0v) is 20.7. The van der Waals surface area contributed by atoms with E-state index in [9.17, 15) is 9.59 Å². The summed E-state index contributed by atoms with van der Waals surface area (Å²) in [6.45, 7) is 5.05. The maximum atomic E-state index is 12.8. The highest BCUT2D eigenvalue weighted by Crippen LogP contribution is 2.31. The van der Waals surface area contributed by atoms with E-state index < -0.39 is 11.8 Å². The molecule has 1 unspecified atom stereocenters. The fourth-order valence-electron chi connectivity index (χ4n) is 3.92. The third-order valence-electron chi connectivity index (χ3n) is 6.07. The second kappa shape index (κ2) is 11.4. The van der Waals surface area contributed by atoms with Gasteiger partial charge >= 0.3 is 0 Å². The summed E-state index contributed by atoms with van der Waals surface area (Å²) in [6.07, 6.45) is 2.58. The molecular formula is C29H30N2O5. The van der Waals surface area contributed by atoms with Gasteiger partial charge in [-0.05, 0) is 59.9 Å². The van der Waals surface area contributed by atoms with E-state index in [-0.39, 0.29) is 5.57 Å². The number of hydrogen-bond acceptors (Lipinski definition) is 5. The van der Waals surface area contributed by atoms with Gasteiger partial charge < -0.3 is 14.2 Å². The number of carbonyl (C=O) groups excluding carboxylic acids is 2. The zero-order chi connectivity index (χ0) is 25.5. The quantitative estimate of drug-likeness (QED) is 0.244. The number of para-hydroxylation sites is 2.